The van der Waals surface area contributed by atoms with E-state index in [0.29, 0.717) is 0 Å². The number of hydrogen-bond donors (Lipinski definition) is 0. The van der Waals surface area contributed by atoms with Crippen molar-refractivity contribution in [2.75, 3.05) is 0 Å². The molecule has 3 heterocycles. The van der Waals surface area contributed by atoms with Crippen molar-refractivity contribution in [3.63, 3.8) is 0 Å². The van der Waals surface area contributed by atoms with E-state index < -0.39 is 0 Å². The molecular formula is C25H15BN2. The van der Waals surface area contributed by atoms with Crippen LogP contribution in [0.5, 0.6) is 0 Å². The van der Waals surface area contributed by atoms with Gasteiger partial charge in [-0.15, -0.1) is 0 Å². The smallest absolute Gasteiger partial charge is 0.116 e. The van der Waals surface area contributed by atoms with E-state index in [2.05, 4.69) is 82.7 Å². The van der Waals surface area contributed by atoms with Gasteiger partial charge in [0.2, 0.25) is 0 Å². The first-order valence-corrected chi connectivity index (χ1v) is 9.58. The molecule has 2 radical (unpaired) electrons. The fraction of sp³-hybridized carbons (Fsp3) is 0.0400. The predicted octanol–water partition coefficient (Wildman–Crippen LogP) is 5.28. The van der Waals surface area contributed by atoms with E-state index in [1.807, 2.05) is 6.07 Å². The lowest BCUT2D eigenvalue weighted by molar-refractivity contribution is 1.02. The fourth-order valence-corrected chi connectivity index (χ4v) is 5.30. The highest BCUT2D eigenvalue weighted by Crippen LogP contribution is 2.42. The van der Waals surface area contributed by atoms with Crippen LogP contribution in [0, 0.1) is 0 Å². The second-order valence-electron chi connectivity index (χ2n) is 7.71. The molecule has 0 aliphatic rings. The molecule has 28 heavy (non-hydrogen) atoms. The van der Waals surface area contributed by atoms with Crippen molar-refractivity contribution in [1.29, 1.82) is 0 Å². The Kier molecular flexibility index (Phi) is 2.44. The Morgan fingerprint density at radius 3 is 2.14 bits per heavy atom. The Morgan fingerprint density at radius 1 is 0.571 bits per heavy atom. The van der Waals surface area contributed by atoms with Crippen molar-refractivity contribution in [2.24, 2.45) is 7.05 Å². The third-order valence-electron chi connectivity index (χ3n) is 6.40. The normalized spacial score (nSPS) is 12.6. The quantitative estimate of drug-likeness (QED) is 0.328. The summed E-state index contributed by atoms with van der Waals surface area (Å²) in [6, 6.07) is 26.2. The molecule has 0 aliphatic carbocycles. The molecule has 0 aliphatic heterocycles. The van der Waals surface area contributed by atoms with Crippen molar-refractivity contribution >= 4 is 73.2 Å². The predicted molar refractivity (Wildman–Crippen MR) is 120 cm³/mol. The number of fused-ring (bicyclic) bond motifs is 5. The van der Waals surface area contributed by atoms with Gasteiger partial charge in [0.25, 0.3) is 0 Å². The van der Waals surface area contributed by atoms with E-state index >= 15 is 0 Å². The zero-order valence-electron chi connectivity index (χ0n) is 15.4. The molecular weight excluding hydrogens is 339 g/mol. The van der Waals surface area contributed by atoms with Gasteiger partial charge in [0.1, 0.15) is 7.85 Å². The average molecular weight is 354 g/mol. The summed E-state index contributed by atoms with van der Waals surface area (Å²) in [5, 5.41) is 7.65. The van der Waals surface area contributed by atoms with Crippen molar-refractivity contribution < 1.29 is 0 Å². The van der Waals surface area contributed by atoms with Crippen LogP contribution in [0.25, 0.3) is 59.9 Å². The minimum Gasteiger partial charge on any atom is -0.344 e. The lowest BCUT2D eigenvalue weighted by Gasteiger charge is -2.05. The average Bonchev–Trinajstić information content (AvgIpc) is 3.18. The van der Waals surface area contributed by atoms with Gasteiger partial charge in [-0.2, -0.15) is 0 Å². The number of para-hydroxylation sites is 2. The van der Waals surface area contributed by atoms with Crippen LogP contribution in [0.2, 0.25) is 0 Å². The molecule has 0 spiro atoms. The van der Waals surface area contributed by atoms with Crippen LogP contribution in [0.4, 0.5) is 0 Å². The standard InChI is InChI=1S/C25H15BN2/c1-27-20-10-5-11-21-23(20)22-15(12-13-18(26)25(22)27)17-8-4-7-16-14-6-2-3-9-19(14)28(21)24(16)17/h2-13H,1H3. The Labute approximate surface area is 162 Å². The molecule has 0 amide bonds. The van der Waals surface area contributed by atoms with Gasteiger partial charge < -0.3 is 8.97 Å². The van der Waals surface area contributed by atoms with E-state index in [-0.39, 0.29) is 0 Å². The molecule has 0 saturated carbocycles. The van der Waals surface area contributed by atoms with Crippen molar-refractivity contribution in [2.45, 2.75) is 0 Å². The van der Waals surface area contributed by atoms with Crippen LogP contribution in [-0.2, 0) is 7.05 Å². The molecule has 0 atom stereocenters. The Bertz CT molecular complexity index is 1730. The molecule has 128 valence electrons. The highest BCUT2D eigenvalue weighted by molar-refractivity contribution is 6.43. The Morgan fingerprint density at radius 2 is 1.25 bits per heavy atom. The summed E-state index contributed by atoms with van der Waals surface area (Å²) in [6.07, 6.45) is 0. The zero-order valence-corrected chi connectivity index (χ0v) is 15.4. The van der Waals surface area contributed by atoms with Gasteiger partial charge in [0, 0.05) is 39.5 Å². The summed E-state index contributed by atoms with van der Waals surface area (Å²) in [6.45, 7) is 0. The number of rotatable bonds is 0. The Balaban J connectivity index is 2.05. The van der Waals surface area contributed by atoms with Crippen molar-refractivity contribution in [1.82, 2.24) is 8.97 Å². The molecule has 0 fully saturated rings. The van der Waals surface area contributed by atoms with Crippen molar-refractivity contribution in [3.8, 4) is 0 Å². The van der Waals surface area contributed by atoms with Gasteiger partial charge in [-0.25, -0.2) is 0 Å². The Hall–Kier alpha value is -3.46. The number of nitrogens with zero attached hydrogens (tertiary/aromatic N) is 2. The second kappa shape index (κ2) is 4.68. The first-order chi connectivity index (χ1) is 13.8. The van der Waals surface area contributed by atoms with Crippen LogP contribution in [-0.4, -0.2) is 16.8 Å². The third kappa shape index (κ3) is 1.46. The lowest BCUT2D eigenvalue weighted by Crippen LogP contribution is -2.06. The number of hydrogen-bond acceptors (Lipinski definition) is 0. The number of aromatic nitrogens is 2. The van der Waals surface area contributed by atoms with Crippen LogP contribution in [0.3, 0.4) is 0 Å². The number of benzene rings is 4. The van der Waals surface area contributed by atoms with E-state index in [9.17, 15) is 0 Å². The van der Waals surface area contributed by atoms with Gasteiger partial charge in [0.15, 0.2) is 0 Å². The molecule has 0 saturated heterocycles. The van der Waals surface area contributed by atoms with Crippen molar-refractivity contribution in [3.05, 3.63) is 72.8 Å². The topological polar surface area (TPSA) is 9.34 Å². The monoisotopic (exact) mass is 354 g/mol. The summed E-state index contributed by atoms with van der Waals surface area (Å²) in [7, 11) is 8.57. The molecule has 0 N–H and O–H groups in total. The van der Waals surface area contributed by atoms with Crippen LogP contribution in [0.1, 0.15) is 0 Å². The highest BCUT2D eigenvalue weighted by atomic mass is 15.0. The molecule has 3 heteroatoms. The lowest BCUT2D eigenvalue weighted by atomic mass is 9.91. The SMILES string of the molecule is [B]c1ccc2c3cccc4c5ccccc5n(c5cccc6c5c2c1n6C)c34. The zero-order chi connectivity index (χ0) is 18.6. The minimum absolute atomic E-state index is 0.826. The maximum Gasteiger partial charge on any atom is 0.116 e. The third-order valence-corrected chi connectivity index (χ3v) is 6.40. The van der Waals surface area contributed by atoms with Gasteiger partial charge in [-0.1, -0.05) is 60.1 Å². The fourth-order valence-electron chi connectivity index (χ4n) is 5.30. The first-order valence-electron chi connectivity index (χ1n) is 9.58. The summed E-state index contributed by atoms with van der Waals surface area (Å²) >= 11 is 0. The molecule has 0 unspecified atom stereocenters. The highest BCUT2D eigenvalue weighted by Gasteiger charge is 2.20. The molecule has 7 aromatic rings. The van der Waals surface area contributed by atoms with Gasteiger partial charge >= 0.3 is 0 Å². The van der Waals surface area contributed by atoms with Crippen LogP contribution < -0.4 is 5.46 Å². The van der Waals surface area contributed by atoms with Crippen LogP contribution >= 0.6 is 0 Å². The van der Waals surface area contributed by atoms with E-state index in [4.69, 9.17) is 7.85 Å². The summed E-state index contributed by atoms with van der Waals surface area (Å²) in [5.41, 5.74) is 6.91. The molecule has 0 bridgehead atoms. The van der Waals surface area contributed by atoms with E-state index in [1.54, 1.807) is 0 Å². The van der Waals surface area contributed by atoms with E-state index in [0.717, 1.165) is 11.0 Å². The summed E-state index contributed by atoms with van der Waals surface area (Å²) in [5.74, 6) is 0. The van der Waals surface area contributed by atoms with Gasteiger partial charge in [-0.3, -0.25) is 0 Å². The maximum absolute atomic E-state index is 6.46. The first kappa shape index (κ1) is 14.6. The second-order valence-corrected chi connectivity index (χ2v) is 7.71. The molecule has 2 nitrogen and oxygen atoms in total. The summed E-state index contributed by atoms with van der Waals surface area (Å²) < 4.78 is 4.68. The minimum atomic E-state index is 0.826. The molecule has 3 aromatic heterocycles. The largest absolute Gasteiger partial charge is 0.344 e. The van der Waals surface area contributed by atoms with Crippen LogP contribution in [0.15, 0.2) is 72.8 Å². The van der Waals surface area contributed by atoms with Gasteiger partial charge in [0.05, 0.1) is 22.1 Å². The summed E-state index contributed by atoms with van der Waals surface area (Å²) in [4.78, 5) is 0. The molecule has 7 rings (SSSR count). The van der Waals surface area contributed by atoms with Gasteiger partial charge in [-0.05, 0) is 23.6 Å². The maximum atomic E-state index is 6.46. The number of aryl methyl sites for hydroxylation is 1. The van der Waals surface area contributed by atoms with E-state index in [1.165, 1.54) is 54.4 Å². The molecule has 4 aromatic carbocycles.